The molecule has 0 aromatic rings. The van der Waals surface area contributed by atoms with Gasteiger partial charge in [0.15, 0.2) is 0 Å². The first-order valence-corrected chi connectivity index (χ1v) is 2.05. The molecule has 1 aliphatic heterocycles. The van der Waals surface area contributed by atoms with Crippen LogP contribution in [0.15, 0.2) is 4.99 Å². The topological polar surface area (TPSA) is 52.5 Å². The highest BCUT2D eigenvalue weighted by molar-refractivity contribution is 5.84. The van der Waals surface area contributed by atoms with E-state index >= 15 is 0 Å². The molecule has 1 N–H and O–H groups in total. The van der Waals surface area contributed by atoms with Gasteiger partial charge >= 0.3 is 0 Å². The molecule has 0 saturated heterocycles. The number of aliphatic hydroxyl groups excluding tert-OH is 1. The predicted molar refractivity (Wildman–Crippen MR) is 23.0 cm³/mol. The Labute approximate surface area is 41.3 Å². The Kier molecular flexibility index (Phi) is 0.982. The van der Waals surface area contributed by atoms with E-state index in [0.717, 1.165) is 0 Å². The van der Waals surface area contributed by atoms with Gasteiger partial charge in [-0.2, -0.15) is 0 Å². The molecule has 0 fully saturated rings. The quantitative estimate of drug-likeness (QED) is 0.447. The summed E-state index contributed by atoms with van der Waals surface area (Å²) in [5.41, 5.74) is 0. The average molecular weight is 99.1 g/mol. The van der Waals surface area contributed by atoms with Crippen LogP contribution in [0.5, 0.6) is 0 Å². The van der Waals surface area contributed by atoms with Crippen molar-refractivity contribution in [2.45, 2.75) is 12.6 Å². The van der Waals surface area contributed by atoms with Gasteiger partial charge in [0.2, 0.25) is 5.90 Å². The minimum Gasteiger partial charge on any atom is -0.372 e. The molecule has 0 saturated carbocycles. The van der Waals surface area contributed by atoms with Crippen molar-refractivity contribution < 1.29 is 10.2 Å². The summed E-state index contributed by atoms with van der Waals surface area (Å²) in [5, 5.41) is 18.6. The van der Waals surface area contributed by atoms with Gasteiger partial charge in [-0.15, -0.1) is 0 Å². The van der Waals surface area contributed by atoms with Crippen LogP contribution in [0.3, 0.4) is 0 Å². The molecule has 0 amide bonds. The van der Waals surface area contributed by atoms with Gasteiger partial charge in [-0.3, -0.25) is 5.11 Å². The van der Waals surface area contributed by atoms with Crippen molar-refractivity contribution in [3.8, 4) is 0 Å². The van der Waals surface area contributed by atoms with E-state index in [9.17, 15) is 5.11 Å². The van der Waals surface area contributed by atoms with Gasteiger partial charge in [0.1, 0.15) is 6.23 Å². The summed E-state index contributed by atoms with van der Waals surface area (Å²) in [6.45, 7) is 0. The van der Waals surface area contributed by atoms with Gasteiger partial charge in [0, 0.05) is 6.42 Å². The Morgan fingerprint density at radius 1 is 2.00 bits per heavy atom. The lowest BCUT2D eigenvalue weighted by Crippen LogP contribution is -1.93. The maximum absolute atomic E-state index is 10.1. The predicted octanol–water partition coefficient (Wildman–Crippen LogP) is -0.258. The maximum atomic E-state index is 10.1. The molecule has 1 aliphatic rings. The van der Waals surface area contributed by atoms with Gasteiger partial charge in [-0.25, -0.2) is 4.99 Å². The van der Waals surface area contributed by atoms with Gasteiger partial charge in [-0.05, 0) is 0 Å². The van der Waals surface area contributed by atoms with Crippen LogP contribution >= 0.6 is 0 Å². The lowest BCUT2D eigenvalue weighted by molar-refractivity contribution is 0.191. The van der Waals surface area contributed by atoms with Gasteiger partial charge in [0.25, 0.3) is 0 Å². The van der Waals surface area contributed by atoms with Crippen LogP contribution in [-0.4, -0.2) is 17.2 Å². The van der Waals surface area contributed by atoms with Crippen LogP contribution in [0.4, 0.5) is 0 Å². The smallest absolute Gasteiger partial charge is 0.247 e. The summed E-state index contributed by atoms with van der Waals surface area (Å²) in [6.07, 6.45) is 0.997. The fourth-order valence-corrected chi connectivity index (χ4v) is 0.459. The number of hydrogen-bond acceptors (Lipinski definition) is 2. The van der Waals surface area contributed by atoms with E-state index in [-0.39, 0.29) is 5.90 Å². The molecule has 0 bridgehead atoms. The van der Waals surface area contributed by atoms with E-state index in [1.807, 2.05) is 0 Å². The van der Waals surface area contributed by atoms with E-state index in [1.165, 1.54) is 6.42 Å². The molecule has 1 heterocycles. The molecule has 3 nitrogen and oxygen atoms in total. The Balaban J connectivity index is 2.50. The first-order valence-electron chi connectivity index (χ1n) is 2.05. The fraction of sp³-hybridized carbons (Fsp3) is 0.500. The monoisotopic (exact) mass is 99.0 g/mol. The molecule has 3 heteroatoms. The molecular weight excluding hydrogens is 94.0 g/mol. The molecule has 0 aromatic carbocycles. The molecule has 0 aliphatic carbocycles. The molecule has 0 aromatic heterocycles. The highest BCUT2D eigenvalue weighted by Gasteiger charge is 2.14. The Morgan fingerprint density at radius 3 is 2.86 bits per heavy atom. The second-order valence-corrected chi connectivity index (χ2v) is 1.39. The zero-order chi connectivity index (χ0) is 5.28. The summed E-state index contributed by atoms with van der Waals surface area (Å²) in [4.78, 5) is 3.25. The SMILES string of the molecule is [O]C1=NC(O)C[CH]1. The second-order valence-electron chi connectivity index (χ2n) is 1.39. The standard InChI is InChI=1S/C4H5NO2/c6-3-1-2-4(7)5-3/h1,4,7H,2H2. The minimum absolute atomic E-state index is 0.299. The number of hydrogen-bond donors (Lipinski definition) is 1. The van der Waals surface area contributed by atoms with E-state index in [2.05, 4.69) is 4.99 Å². The second kappa shape index (κ2) is 1.50. The van der Waals surface area contributed by atoms with Crippen LogP contribution in [-0.2, 0) is 5.11 Å². The van der Waals surface area contributed by atoms with Crippen LogP contribution in [0, 0.1) is 6.42 Å². The molecule has 7 heavy (non-hydrogen) atoms. The molecule has 1 rings (SSSR count). The zero-order valence-corrected chi connectivity index (χ0v) is 3.66. The first kappa shape index (κ1) is 4.59. The van der Waals surface area contributed by atoms with Gasteiger partial charge < -0.3 is 5.11 Å². The summed E-state index contributed by atoms with van der Waals surface area (Å²) in [6, 6.07) is 0. The van der Waals surface area contributed by atoms with E-state index in [4.69, 9.17) is 5.11 Å². The highest BCUT2D eigenvalue weighted by Crippen LogP contribution is 2.06. The summed E-state index contributed by atoms with van der Waals surface area (Å²) in [7, 11) is 0. The lowest BCUT2D eigenvalue weighted by Gasteiger charge is -1.87. The zero-order valence-electron chi connectivity index (χ0n) is 3.66. The van der Waals surface area contributed by atoms with Crippen molar-refractivity contribution in [2.75, 3.05) is 0 Å². The first-order chi connectivity index (χ1) is 3.29. The normalized spacial score (nSPS) is 30.4. The van der Waals surface area contributed by atoms with Crippen LogP contribution < -0.4 is 0 Å². The number of aliphatic hydroxyl groups is 1. The molecule has 38 valence electrons. The van der Waals surface area contributed by atoms with Gasteiger partial charge in [-0.1, -0.05) is 0 Å². The largest absolute Gasteiger partial charge is 0.372 e. The van der Waals surface area contributed by atoms with E-state index in [0.29, 0.717) is 6.42 Å². The fourth-order valence-electron chi connectivity index (χ4n) is 0.459. The molecular formula is C4H5NO2. The lowest BCUT2D eigenvalue weighted by atomic mass is 10.3. The highest BCUT2D eigenvalue weighted by atomic mass is 16.3. The third-order valence-electron chi connectivity index (χ3n) is 0.780. The Morgan fingerprint density at radius 2 is 2.71 bits per heavy atom. The van der Waals surface area contributed by atoms with E-state index in [1.54, 1.807) is 0 Å². The number of aliphatic imine (C=N–C) groups is 1. The van der Waals surface area contributed by atoms with Crippen molar-refractivity contribution in [1.82, 2.24) is 0 Å². The molecule has 0 spiro atoms. The van der Waals surface area contributed by atoms with Crippen LogP contribution in [0.25, 0.3) is 0 Å². The Hall–Kier alpha value is -0.570. The van der Waals surface area contributed by atoms with Crippen molar-refractivity contribution in [3.05, 3.63) is 6.42 Å². The summed E-state index contributed by atoms with van der Waals surface area (Å²) in [5.74, 6) is -0.299. The van der Waals surface area contributed by atoms with Crippen molar-refractivity contribution in [2.24, 2.45) is 4.99 Å². The third kappa shape index (κ3) is 0.899. The van der Waals surface area contributed by atoms with Crippen LogP contribution in [0.2, 0.25) is 0 Å². The number of rotatable bonds is 0. The average Bonchev–Trinajstić information content (AvgIpc) is 1.87. The number of nitrogens with zero attached hydrogens (tertiary/aromatic N) is 1. The van der Waals surface area contributed by atoms with Crippen molar-refractivity contribution in [3.63, 3.8) is 0 Å². The third-order valence-corrected chi connectivity index (χ3v) is 0.780. The summed E-state index contributed by atoms with van der Waals surface area (Å²) < 4.78 is 0. The van der Waals surface area contributed by atoms with Crippen molar-refractivity contribution in [1.29, 1.82) is 0 Å². The molecule has 1 unspecified atom stereocenters. The van der Waals surface area contributed by atoms with Crippen molar-refractivity contribution >= 4 is 5.90 Å². The maximum Gasteiger partial charge on any atom is 0.247 e. The molecule has 1 atom stereocenters. The van der Waals surface area contributed by atoms with E-state index < -0.39 is 6.23 Å². The minimum atomic E-state index is -0.757. The van der Waals surface area contributed by atoms with Crippen LogP contribution in [0.1, 0.15) is 6.42 Å². The molecule has 2 radical (unpaired) electrons. The Bertz CT molecular complexity index is 99.9. The van der Waals surface area contributed by atoms with Gasteiger partial charge in [0.05, 0.1) is 6.42 Å². The summed E-state index contributed by atoms with van der Waals surface area (Å²) >= 11 is 0.